The lowest BCUT2D eigenvalue weighted by Gasteiger charge is -2.30. The number of nitrogens with zero attached hydrogens (tertiary/aromatic N) is 1. The van der Waals surface area contributed by atoms with Gasteiger partial charge in [-0.15, -0.1) is 0 Å². The number of hydrogen-bond acceptors (Lipinski definition) is 4. The molecule has 0 aromatic carbocycles. The average Bonchev–Trinajstić information content (AvgIpc) is 2.39. The first-order valence-corrected chi connectivity index (χ1v) is 6.23. The van der Waals surface area contributed by atoms with Crippen molar-refractivity contribution in [1.29, 1.82) is 0 Å². The molecule has 1 fully saturated rings. The number of rotatable bonds is 5. The van der Waals surface area contributed by atoms with E-state index in [-0.39, 0.29) is 5.97 Å². The van der Waals surface area contributed by atoms with Crippen molar-refractivity contribution >= 4 is 5.97 Å². The first-order chi connectivity index (χ1) is 8.21. The molecule has 1 saturated heterocycles. The molecule has 0 bridgehead atoms. The zero-order chi connectivity index (χ0) is 12.7. The van der Waals surface area contributed by atoms with Crippen molar-refractivity contribution in [1.82, 2.24) is 4.90 Å². The first-order valence-electron chi connectivity index (χ1n) is 6.23. The fraction of sp³-hybridized carbons (Fsp3) is 0.769. The second kappa shape index (κ2) is 7.45. The summed E-state index contributed by atoms with van der Waals surface area (Å²) in [7, 11) is 3.20. The highest BCUT2D eigenvalue weighted by atomic mass is 16.5. The monoisotopic (exact) mass is 241 g/mol. The molecule has 0 aromatic rings. The Balaban J connectivity index is 2.39. The molecule has 0 atom stereocenters. The first kappa shape index (κ1) is 14.2. The fourth-order valence-electron chi connectivity index (χ4n) is 2.07. The maximum Gasteiger partial charge on any atom is 0.333 e. The van der Waals surface area contributed by atoms with Crippen LogP contribution in [0.15, 0.2) is 11.6 Å². The van der Waals surface area contributed by atoms with Gasteiger partial charge in [0.2, 0.25) is 0 Å². The number of methoxy groups -OCH3 is 2. The Labute approximate surface area is 104 Å². The summed E-state index contributed by atoms with van der Waals surface area (Å²) in [5.41, 5.74) is 0.765. The van der Waals surface area contributed by atoms with Gasteiger partial charge < -0.3 is 9.47 Å². The zero-order valence-corrected chi connectivity index (χ0v) is 11.1. The van der Waals surface area contributed by atoms with Crippen molar-refractivity contribution < 1.29 is 14.3 Å². The Bertz CT molecular complexity index is 268. The van der Waals surface area contributed by atoms with Gasteiger partial charge in [-0.25, -0.2) is 4.79 Å². The third kappa shape index (κ3) is 4.48. The molecular weight excluding hydrogens is 218 g/mol. The van der Waals surface area contributed by atoms with Gasteiger partial charge in [-0.2, -0.15) is 0 Å². The van der Waals surface area contributed by atoms with Gasteiger partial charge in [-0.1, -0.05) is 13.0 Å². The van der Waals surface area contributed by atoms with Crippen LogP contribution in [0.2, 0.25) is 0 Å². The average molecular weight is 241 g/mol. The van der Waals surface area contributed by atoms with Crippen molar-refractivity contribution in [3.8, 4) is 0 Å². The Hall–Kier alpha value is -0.870. The van der Waals surface area contributed by atoms with Gasteiger partial charge in [-0.05, 0) is 19.3 Å². The van der Waals surface area contributed by atoms with E-state index < -0.39 is 0 Å². The number of carbonyl (C=O) groups excluding carboxylic acids is 1. The number of piperidine rings is 1. The minimum absolute atomic E-state index is 0.209. The van der Waals surface area contributed by atoms with Crippen LogP contribution in [-0.2, 0) is 14.3 Å². The third-order valence-corrected chi connectivity index (χ3v) is 3.29. The van der Waals surface area contributed by atoms with Crippen LogP contribution in [-0.4, -0.2) is 50.8 Å². The number of carbonyl (C=O) groups is 1. The molecule has 0 radical (unpaired) electrons. The van der Waals surface area contributed by atoms with Crippen molar-refractivity contribution in [3.63, 3.8) is 0 Å². The van der Waals surface area contributed by atoms with Gasteiger partial charge in [0.25, 0.3) is 0 Å². The molecule has 0 N–H and O–H groups in total. The molecule has 0 spiro atoms. The van der Waals surface area contributed by atoms with E-state index in [9.17, 15) is 4.79 Å². The summed E-state index contributed by atoms with van der Waals surface area (Å²) in [5, 5.41) is 0. The van der Waals surface area contributed by atoms with E-state index in [0.29, 0.717) is 6.10 Å². The molecule has 98 valence electrons. The van der Waals surface area contributed by atoms with Crippen LogP contribution in [0.1, 0.15) is 26.2 Å². The molecule has 0 amide bonds. The molecule has 0 aliphatic carbocycles. The van der Waals surface area contributed by atoms with Crippen LogP contribution >= 0.6 is 0 Å². The highest BCUT2D eigenvalue weighted by Gasteiger charge is 2.18. The Morgan fingerprint density at radius 3 is 2.47 bits per heavy atom. The van der Waals surface area contributed by atoms with E-state index >= 15 is 0 Å². The van der Waals surface area contributed by atoms with Crippen molar-refractivity contribution in [2.45, 2.75) is 32.3 Å². The van der Waals surface area contributed by atoms with Crippen LogP contribution < -0.4 is 0 Å². The van der Waals surface area contributed by atoms with Crippen LogP contribution in [0, 0.1) is 0 Å². The molecule has 1 aliphatic heterocycles. The van der Waals surface area contributed by atoms with Gasteiger partial charge in [0, 0.05) is 32.3 Å². The summed E-state index contributed by atoms with van der Waals surface area (Å²) < 4.78 is 10.1. The topological polar surface area (TPSA) is 38.8 Å². The van der Waals surface area contributed by atoms with Crippen LogP contribution in [0.5, 0.6) is 0 Å². The Kier molecular flexibility index (Phi) is 6.22. The SMILES string of the molecule is CCC(=CCN1CCC(OC)CC1)C(=O)OC. The van der Waals surface area contributed by atoms with Crippen molar-refractivity contribution in [2.75, 3.05) is 33.9 Å². The molecule has 1 rings (SSSR count). The number of hydrogen-bond donors (Lipinski definition) is 0. The molecule has 17 heavy (non-hydrogen) atoms. The summed E-state index contributed by atoms with van der Waals surface area (Å²) in [6.07, 6.45) is 5.26. The lowest BCUT2D eigenvalue weighted by molar-refractivity contribution is -0.136. The molecule has 1 aliphatic rings. The predicted octanol–water partition coefficient (Wildman–Crippen LogP) is 1.61. The minimum atomic E-state index is -0.209. The molecule has 0 aromatic heterocycles. The highest BCUT2D eigenvalue weighted by Crippen LogP contribution is 2.13. The van der Waals surface area contributed by atoms with Crippen LogP contribution in [0.3, 0.4) is 0 Å². The smallest absolute Gasteiger partial charge is 0.333 e. The summed E-state index contributed by atoms with van der Waals surface area (Å²) in [6.45, 7) is 4.87. The van der Waals surface area contributed by atoms with E-state index in [1.807, 2.05) is 13.0 Å². The lowest BCUT2D eigenvalue weighted by Crippen LogP contribution is -2.36. The number of likely N-dealkylation sites (tertiary alicyclic amines) is 1. The van der Waals surface area contributed by atoms with Crippen molar-refractivity contribution in [2.24, 2.45) is 0 Å². The molecular formula is C13H23NO3. The minimum Gasteiger partial charge on any atom is -0.466 e. The second-order valence-corrected chi connectivity index (χ2v) is 4.31. The molecule has 0 unspecified atom stereocenters. The summed E-state index contributed by atoms with van der Waals surface area (Å²) >= 11 is 0. The number of ether oxygens (including phenoxy) is 2. The maximum absolute atomic E-state index is 11.4. The van der Waals surface area contributed by atoms with E-state index in [2.05, 4.69) is 4.90 Å². The molecule has 4 nitrogen and oxygen atoms in total. The van der Waals surface area contributed by atoms with Gasteiger partial charge >= 0.3 is 5.97 Å². The maximum atomic E-state index is 11.4. The molecule has 4 heteroatoms. The largest absolute Gasteiger partial charge is 0.466 e. The van der Waals surface area contributed by atoms with Gasteiger partial charge in [0.05, 0.1) is 13.2 Å². The standard InChI is InChI=1S/C13H23NO3/c1-4-11(13(15)17-3)5-8-14-9-6-12(16-2)7-10-14/h5,12H,4,6-10H2,1-3H3. The summed E-state index contributed by atoms with van der Waals surface area (Å²) in [5.74, 6) is -0.209. The van der Waals surface area contributed by atoms with Crippen LogP contribution in [0.4, 0.5) is 0 Å². The fourth-order valence-corrected chi connectivity index (χ4v) is 2.07. The van der Waals surface area contributed by atoms with E-state index in [1.165, 1.54) is 7.11 Å². The summed E-state index contributed by atoms with van der Waals surface area (Å²) in [6, 6.07) is 0. The summed E-state index contributed by atoms with van der Waals surface area (Å²) in [4.78, 5) is 13.7. The van der Waals surface area contributed by atoms with E-state index in [0.717, 1.165) is 44.5 Å². The van der Waals surface area contributed by atoms with Gasteiger partial charge in [-0.3, -0.25) is 4.90 Å². The second-order valence-electron chi connectivity index (χ2n) is 4.31. The van der Waals surface area contributed by atoms with Crippen LogP contribution in [0.25, 0.3) is 0 Å². The van der Waals surface area contributed by atoms with E-state index in [4.69, 9.17) is 9.47 Å². The Morgan fingerprint density at radius 1 is 1.35 bits per heavy atom. The Morgan fingerprint density at radius 2 is 2.00 bits per heavy atom. The molecule has 0 saturated carbocycles. The zero-order valence-electron chi connectivity index (χ0n) is 11.1. The highest BCUT2D eigenvalue weighted by molar-refractivity contribution is 5.88. The lowest BCUT2D eigenvalue weighted by atomic mass is 10.1. The normalized spacial score (nSPS) is 19.4. The third-order valence-electron chi connectivity index (χ3n) is 3.29. The van der Waals surface area contributed by atoms with E-state index in [1.54, 1.807) is 7.11 Å². The predicted molar refractivity (Wildman–Crippen MR) is 66.9 cm³/mol. The van der Waals surface area contributed by atoms with Crippen molar-refractivity contribution in [3.05, 3.63) is 11.6 Å². The van der Waals surface area contributed by atoms with Gasteiger partial charge in [0.15, 0.2) is 0 Å². The van der Waals surface area contributed by atoms with Gasteiger partial charge in [0.1, 0.15) is 0 Å². The quantitative estimate of drug-likeness (QED) is 0.541. The molecule has 1 heterocycles. The number of esters is 1.